The second kappa shape index (κ2) is 5.96. The topological polar surface area (TPSA) is 75.3 Å². The Morgan fingerprint density at radius 3 is 2.70 bits per heavy atom. The number of halogens is 1. The van der Waals surface area contributed by atoms with Gasteiger partial charge in [0.15, 0.2) is 0 Å². The summed E-state index contributed by atoms with van der Waals surface area (Å²) in [5, 5.41) is 12.4. The van der Waals surface area contributed by atoms with E-state index >= 15 is 0 Å². The average Bonchev–Trinajstić information content (AvgIpc) is 2.41. The van der Waals surface area contributed by atoms with Crippen molar-refractivity contribution in [3.8, 4) is 5.75 Å². The molecule has 0 saturated heterocycles. The van der Waals surface area contributed by atoms with Crippen LogP contribution in [0.1, 0.15) is 22.8 Å². The molecule has 0 aliphatic rings. The molecule has 0 heterocycles. The highest BCUT2D eigenvalue weighted by atomic mass is 79.9. The SMILES string of the molecule is CCc1ccc(NC(=O)c2cc(Br)ccc2O)cc1N. The van der Waals surface area contributed by atoms with Crippen LogP contribution < -0.4 is 11.1 Å². The molecule has 0 radical (unpaired) electrons. The van der Waals surface area contributed by atoms with Gasteiger partial charge in [0.1, 0.15) is 5.75 Å². The molecular weight excluding hydrogens is 320 g/mol. The Morgan fingerprint density at radius 1 is 1.30 bits per heavy atom. The highest BCUT2D eigenvalue weighted by Crippen LogP contribution is 2.24. The van der Waals surface area contributed by atoms with Crippen molar-refractivity contribution in [2.75, 3.05) is 11.1 Å². The second-order valence-electron chi connectivity index (χ2n) is 4.38. The minimum atomic E-state index is -0.382. The molecule has 0 aliphatic heterocycles. The molecule has 20 heavy (non-hydrogen) atoms. The number of carbonyl (C=O) groups excluding carboxylic acids is 1. The standard InChI is InChI=1S/C15H15BrN2O2/c1-2-9-3-5-11(8-13(9)17)18-15(20)12-7-10(16)4-6-14(12)19/h3-8,19H,2,17H2,1H3,(H,18,20). The summed E-state index contributed by atoms with van der Waals surface area (Å²) >= 11 is 3.27. The summed E-state index contributed by atoms with van der Waals surface area (Å²) in [6.07, 6.45) is 0.840. The van der Waals surface area contributed by atoms with Crippen molar-refractivity contribution in [3.63, 3.8) is 0 Å². The van der Waals surface area contributed by atoms with Gasteiger partial charge in [0.25, 0.3) is 5.91 Å². The van der Waals surface area contributed by atoms with Crippen LogP contribution in [0.25, 0.3) is 0 Å². The number of phenols is 1. The van der Waals surface area contributed by atoms with Gasteiger partial charge in [-0.2, -0.15) is 0 Å². The fourth-order valence-corrected chi connectivity index (χ4v) is 2.24. The molecule has 4 N–H and O–H groups in total. The molecule has 0 unspecified atom stereocenters. The van der Waals surface area contributed by atoms with Gasteiger partial charge in [-0.3, -0.25) is 4.79 Å². The maximum atomic E-state index is 12.1. The number of amides is 1. The number of aryl methyl sites for hydroxylation is 1. The van der Waals surface area contributed by atoms with Crippen molar-refractivity contribution in [2.45, 2.75) is 13.3 Å². The molecule has 0 aromatic heterocycles. The van der Waals surface area contributed by atoms with Gasteiger partial charge in [0.2, 0.25) is 0 Å². The number of anilines is 2. The molecule has 2 aromatic carbocycles. The third kappa shape index (κ3) is 3.11. The van der Waals surface area contributed by atoms with Crippen LogP contribution in [0.2, 0.25) is 0 Å². The Morgan fingerprint density at radius 2 is 2.05 bits per heavy atom. The van der Waals surface area contributed by atoms with E-state index in [4.69, 9.17) is 5.73 Å². The van der Waals surface area contributed by atoms with Crippen molar-refractivity contribution in [1.29, 1.82) is 0 Å². The molecule has 0 saturated carbocycles. The Balaban J connectivity index is 2.23. The smallest absolute Gasteiger partial charge is 0.259 e. The maximum Gasteiger partial charge on any atom is 0.259 e. The lowest BCUT2D eigenvalue weighted by Crippen LogP contribution is -2.12. The predicted molar refractivity (Wildman–Crippen MR) is 84.0 cm³/mol. The van der Waals surface area contributed by atoms with Crippen molar-refractivity contribution in [2.24, 2.45) is 0 Å². The first kappa shape index (κ1) is 14.4. The Bertz CT molecular complexity index is 656. The number of hydrogen-bond donors (Lipinski definition) is 3. The summed E-state index contributed by atoms with van der Waals surface area (Å²) in [6, 6.07) is 10.1. The number of carbonyl (C=O) groups is 1. The van der Waals surface area contributed by atoms with Crippen LogP contribution in [-0.2, 0) is 6.42 Å². The van der Waals surface area contributed by atoms with E-state index in [1.807, 2.05) is 13.0 Å². The van der Waals surface area contributed by atoms with E-state index in [1.54, 1.807) is 24.3 Å². The minimum Gasteiger partial charge on any atom is -0.507 e. The lowest BCUT2D eigenvalue weighted by molar-refractivity contribution is 0.102. The normalized spacial score (nSPS) is 10.3. The molecule has 0 spiro atoms. The second-order valence-corrected chi connectivity index (χ2v) is 5.30. The summed E-state index contributed by atoms with van der Waals surface area (Å²) < 4.78 is 0.723. The fourth-order valence-electron chi connectivity index (χ4n) is 1.88. The molecule has 104 valence electrons. The average molecular weight is 335 g/mol. The summed E-state index contributed by atoms with van der Waals surface area (Å²) in [6.45, 7) is 2.02. The van der Waals surface area contributed by atoms with Gasteiger partial charge in [-0.15, -0.1) is 0 Å². The summed E-state index contributed by atoms with van der Waals surface area (Å²) in [5.41, 5.74) is 8.38. The number of phenolic OH excluding ortho intramolecular Hbond substituents is 1. The predicted octanol–water partition coefficient (Wildman–Crippen LogP) is 3.55. The van der Waals surface area contributed by atoms with Crippen LogP contribution in [0.3, 0.4) is 0 Å². The van der Waals surface area contributed by atoms with Gasteiger partial charge in [-0.25, -0.2) is 0 Å². The van der Waals surface area contributed by atoms with E-state index in [-0.39, 0.29) is 17.2 Å². The van der Waals surface area contributed by atoms with Crippen molar-refractivity contribution < 1.29 is 9.90 Å². The van der Waals surface area contributed by atoms with Crippen molar-refractivity contribution in [3.05, 3.63) is 52.0 Å². The molecule has 0 atom stereocenters. The maximum absolute atomic E-state index is 12.1. The third-order valence-electron chi connectivity index (χ3n) is 2.99. The van der Waals surface area contributed by atoms with Crippen LogP contribution in [0.15, 0.2) is 40.9 Å². The van der Waals surface area contributed by atoms with Gasteiger partial charge in [-0.05, 0) is 42.3 Å². The summed E-state index contributed by atoms with van der Waals surface area (Å²) in [4.78, 5) is 12.1. The van der Waals surface area contributed by atoms with E-state index in [2.05, 4.69) is 21.2 Å². The molecule has 0 bridgehead atoms. The highest BCUT2D eigenvalue weighted by Gasteiger charge is 2.12. The number of aromatic hydroxyl groups is 1. The molecule has 4 nitrogen and oxygen atoms in total. The first-order chi connectivity index (χ1) is 9.51. The molecule has 0 fully saturated rings. The third-order valence-corrected chi connectivity index (χ3v) is 3.48. The van der Waals surface area contributed by atoms with Crippen molar-refractivity contribution >= 4 is 33.2 Å². The molecule has 2 rings (SSSR count). The number of nitrogens with two attached hydrogens (primary N) is 1. The van der Waals surface area contributed by atoms with Gasteiger partial charge in [-0.1, -0.05) is 28.9 Å². The van der Waals surface area contributed by atoms with Gasteiger partial charge in [0.05, 0.1) is 5.56 Å². The molecule has 2 aromatic rings. The summed E-state index contributed by atoms with van der Waals surface area (Å²) in [5.74, 6) is -0.448. The lowest BCUT2D eigenvalue weighted by atomic mass is 10.1. The zero-order valence-corrected chi connectivity index (χ0v) is 12.6. The van der Waals surface area contributed by atoms with E-state index in [1.165, 1.54) is 6.07 Å². The number of nitrogens with one attached hydrogen (secondary N) is 1. The van der Waals surface area contributed by atoms with Crippen LogP contribution in [0.5, 0.6) is 5.75 Å². The molecular formula is C15H15BrN2O2. The van der Waals surface area contributed by atoms with Crippen molar-refractivity contribution in [1.82, 2.24) is 0 Å². The number of benzene rings is 2. The van der Waals surface area contributed by atoms with Crippen LogP contribution >= 0.6 is 15.9 Å². The quantitative estimate of drug-likeness (QED) is 0.751. The Kier molecular flexibility index (Phi) is 4.29. The van der Waals surface area contributed by atoms with E-state index in [0.717, 1.165) is 16.5 Å². The largest absolute Gasteiger partial charge is 0.507 e. The first-order valence-electron chi connectivity index (χ1n) is 6.19. The zero-order chi connectivity index (χ0) is 14.7. The number of nitrogen functional groups attached to an aromatic ring is 1. The van der Waals surface area contributed by atoms with E-state index in [9.17, 15) is 9.90 Å². The molecule has 0 aliphatic carbocycles. The van der Waals surface area contributed by atoms with Gasteiger partial charge < -0.3 is 16.2 Å². The first-order valence-corrected chi connectivity index (χ1v) is 6.99. The number of rotatable bonds is 3. The molecule has 1 amide bonds. The minimum absolute atomic E-state index is 0.0659. The van der Waals surface area contributed by atoms with E-state index < -0.39 is 0 Å². The fraction of sp³-hybridized carbons (Fsp3) is 0.133. The zero-order valence-electron chi connectivity index (χ0n) is 11.0. The van der Waals surface area contributed by atoms with Crippen LogP contribution in [0, 0.1) is 0 Å². The van der Waals surface area contributed by atoms with Crippen LogP contribution in [-0.4, -0.2) is 11.0 Å². The molecule has 5 heteroatoms. The number of hydrogen-bond acceptors (Lipinski definition) is 3. The van der Waals surface area contributed by atoms with Crippen LogP contribution in [0.4, 0.5) is 11.4 Å². The monoisotopic (exact) mass is 334 g/mol. The Hall–Kier alpha value is -2.01. The Labute approximate surface area is 125 Å². The van der Waals surface area contributed by atoms with Gasteiger partial charge >= 0.3 is 0 Å². The summed E-state index contributed by atoms with van der Waals surface area (Å²) in [7, 11) is 0. The van der Waals surface area contributed by atoms with E-state index in [0.29, 0.717) is 11.4 Å². The van der Waals surface area contributed by atoms with Gasteiger partial charge in [0, 0.05) is 15.8 Å². The highest BCUT2D eigenvalue weighted by molar-refractivity contribution is 9.10. The lowest BCUT2D eigenvalue weighted by Gasteiger charge is -2.09.